The van der Waals surface area contributed by atoms with Crippen LogP contribution in [0.15, 0.2) is 64.9 Å². The van der Waals surface area contributed by atoms with Crippen LogP contribution in [-0.2, 0) is 14.6 Å². The summed E-state index contributed by atoms with van der Waals surface area (Å²) in [6.45, 7) is 0. The predicted octanol–water partition coefficient (Wildman–Crippen LogP) is 3.70. The van der Waals surface area contributed by atoms with Crippen molar-refractivity contribution in [2.24, 2.45) is 0 Å². The number of nitrogens with zero attached hydrogens (tertiary/aromatic N) is 1. The van der Waals surface area contributed by atoms with Crippen LogP contribution in [-0.4, -0.2) is 49.5 Å². The number of nitrogens with one attached hydrogen (secondary N) is 2. The first kappa shape index (κ1) is 24.0. The van der Waals surface area contributed by atoms with E-state index in [0.29, 0.717) is 17.3 Å². The maximum Gasteiger partial charge on any atom is 0.251 e. The molecule has 0 spiro atoms. The first-order valence-electron chi connectivity index (χ1n) is 9.69. The monoisotopic (exact) mass is 489 g/mol. The zero-order valence-corrected chi connectivity index (χ0v) is 20.0. The Morgan fingerprint density at radius 3 is 2.56 bits per heavy atom. The van der Waals surface area contributed by atoms with E-state index >= 15 is 0 Å². The van der Waals surface area contributed by atoms with Gasteiger partial charge in [0.15, 0.2) is 15.0 Å². The molecule has 168 valence electrons. The molecule has 1 heterocycles. The fourth-order valence-corrected chi connectivity index (χ4v) is 4.74. The molecule has 0 aliphatic rings. The number of rotatable bonds is 9. The average molecular weight is 490 g/mol. The van der Waals surface area contributed by atoms with Crippen LogP contribution in [0.1, 0.15) is 16.8 Å². The van der Waals surface area contributed by atoms with Crippen LogP contribution >= 0.6 is 23.1 Å². The van der Waals surface area contributed by atoms with E-state index in [2.05, 4.69) is 15.6 Å². The van der Waals surface area contributed by atoms with Crippen LogP contribution in [0.2, 0.25) is 0 Å². The molecule has 1 atom stereocenters. The molecule has 32 heavy (non-hydrogen) atoms. The van der Waals surface area contributed by atoms with E-state index < -0.39 is 21.8 Å². The molecule has 1 aromatic heterocycles. The molecule has 3 rings (SSSR count). The van der Waals surface area contributed by atoms with E-state index in [9.17, 15) is 18.0 Å². The van der Waals surface area contributed by atoms with Crippen molar-refractivity contribution in [2.45, 2.75) is 17.4 Å². The summed E-state index contributed by atoms with van der Waals surface area (Å²) in [6, 6.07) is 14.6. The molecule has 2 amide bonds. The van der Waals surface area contributed by atoms with Crippen LogP contribution in [0.25, 0.3) is 11.3 Å². The fourth-order valence-electron chi connectivity index (χ4n) is 2.88. The van der Waals surface area contributed by atoms with Gasteiger partial charge in [0, 0.05) is 22.8 Å². The summed E-state index contributed by atoms with van der Waals surface area (Å²) in [5.41, 5.74) is 1.88. The lowest BCUT2D eigenvalue weighted by Gasteiger charge is -2.17. The molecule has 0 saturated heterocycles. The highest BCUT2D eigenvalue weighted by Crippen LogP contribution is 2.24. The Morgan fingerprint density at radius 1 is 1.12 bits per heavy atom. The normalized spacial score (nSPS) is 12.2. The van der Waals surface area contributed by atoms with Gasteiger partial charge < -0.3 is 10.6 Å². The van der Waals surface area contributed by atoms with Crippen LogP contribution < -0.4 is 10.6 Å². The number of hydrogen-bond donors (Lipinski definition) is 2. The zero-order chi connectivity index (χ0) is 23.1. The van der Waals surface area contributed by atoms with Gasteiger partial charge in [-0.25, -0.2) is 13.4 Å². The molecule has 3 aromatic rings. The van der Waals surface area contributed by atoms with Crippen molar-refractivity contribution in [3.05, 3.63) is 65.5 Å². The smallest absolute Gasteiger partial charge is 0.251 e. The Bertz CT molecular complexity index is 1190. The quantitative estimate of drug-likeness (QED) is 0.475. The lowest BCUT2D eigenvalue weighted by Crippen LogP contribution is -2.44. The summed E-state index contributed by atoms with van der Waals surface area (Å²) in [6.07, 6.45) is 3.41. The number of thioether (sulfide) groups is 1. The Hall–Kier alpha value is -2.69. The molecule has 2 aromatic carbocycles. The molecule has 7 nitrogen and oxygen atoms in total. The summed E-state index contributed by atoms with van der Waals surface area (Å²) in [5, 5.41) is 7.80. The minimum absolute atomic E-state index is 0.0477. The number of thiazole rings is 1. The molecule has 0 fully saturated rings. The van der Waals surface area contributed by atoms with E-state index in [0.717, 1.165) is 17.5 Å². The third-order valence-corrected chi connectivity index (χ3v) is 7.07. The van der Waals surface area contributed by atoms with Crippen LogP contribution in [0.3, 0.4) is 0 Å². The average Bonchev–Trinajstić information content (AvgIpc) is 3.25. The van der Waals surface area contributed by atoms with Crippen LogP contribution in [0.5, 0.6) is 0 Å². The van der Waals surface area contributed by atoms with Gasteiger partial charge in [0.05, 0.1) is 10.6 Å². The summed E-state index contributed by atoms with van der Waals surface area (Å²) in [5.74, 6) is -0.226. The third kappa shape index (κ3) is 6.41. The summed E-state index contributed by atoms with van der Waals surface area (Å²) in [7, 11) is -3.45. The van der Waals surface area contributed by atoms with Gasteiger partial charge in [-0.1, -0.05) is 36.4 Å². The largest absolute Gasteiger partial charge is 0.340 e. The van der Waals surface area contributed by atoms with Crippen molar-refractivity contribution in [3.63, 3.8) is 0 Å². The summed E-state index contributed by atoms with van der Waals surface area (Å²) < 4.78 is 23.6. The minimum Gasteiger partial charge on any atom is -0.340 e. The van der Waals surface area contributed by atoms with E-state index in [1.165, 1.54) is 35.6 Å². The highest BCUT2D eigenvalue weighted by Gasteiger charge is 2.23. The van der Waals surface area contributed by atoms with Gasteiger partial charge in [0.25, 0.3) is 5.91 Å². The van der Waals surface area contributed by atoms with Gasteiger partial charge in [0.1, 0.15) is 6.04 Å². The number of amides is 2. The van der Waals surface area contributed by atoms with Crippen LogP contribution in [0.4, 0.5) is 5.13 Å². The molecule has 0 bridgehead atoms. The van der Waals surface area contributed by atoms with E-state index in [1.807, 2.05) is 42.0 Å². The number of aromatic nitrogens is 1. The lowest BCUT2D eigenvalue weighted by molar-refractivity contribution is -0.118. The Balaban J connectivity index is 1.73. The summed E-state index contributed by atoms with van der Waals surface area (Å²) in [4.78, 5) is 30.1. The number of carbonyl (C=O) groups is 2. The molecule has 10 heteroatoms. The second kappa shape index (κ2) is 10.8. The first-order chi connectivity index (χ1) is 15.3. The maximum atomic E-state index is 12.9. The lowest BCUT2D eigenvalue weighted by atomic mass is 10.1. The van der Waals surface area contributed by atoms with E-state index in [-0.39, 0.29) is 16.4 Å². The fraction of sp³-hybridized carbons (Fsp3) is 0.227. The standard InChI is InChI=1S/C22H23N3O4S3/c1-30-12-11-18(23-20(26)16-9-6-10-17(13-16)32(2,28)29)21(27)25-22-24-19(14-31-22)15-7-4-3-5-8-15/h3-10,13-14,18H,11-12H2,1-2H3,(H,23,26)(H,24,25,27)/t18-/m0/s1. The van der Waals surface area contributed by atoms with Crippen molar-refractivity contribution in [1.29, 1.82) is 0 Å². The Kier molecular flexibility index (Phi) is 8.05. The molecule has 0 saturated carbocycles. The third-order valence-electron chi connectivity index (χ3n) is 4.56. The van der Waals surface area contributed by atoms with Gasteiger partial charge in [-0.15, -0.1) is 11.3 Å². The van der Waals surface area contributed by atoms with Gasteiger partial charge >= 0.3 is 0 Å². The minimum atomic E-state index is -3.45. The zero-order valence-electron chi connectivity index (χ0n) is 17.6. The molecule has 0 radical (unpaired) electrons. The van der Waals surface area contributed by atoms with Gasteiger partial charge in [-0.2, -0.15) is 11.8 Å². The Labute approximate surface area is 195 Å². The molecule has 0 unspecified atom stereocenters. The number of benzene rings is 2. The Morgan fingerprint density at radius 2 is 1.88 bits per heavy atom. The molecular weight excluding hydrogens is 466 g/mol. The number of hydrogen-bond acceptors (Lipinski definition) is 7. The highest BCUT2D eigenvalue weighted by molar-refractivity contribution is 7.98. The predicted molar refractivity (Wildman–Crippen MR) is 130 cm³/mol. The molecule has 2 N–H and O–H groups in total. The second-order valence-electron chi connectivity index (χ2n) is 7.00. The van der Waals surface area contributed by atoms with Gasteiger partial charge in [-0.05, 0) is 36.6 Å². The number of sulfone groups is 1. The van der Waals surface area contributed by atoms with E-state index in [1.54, 1.807) is 11.8 Å². The first-order valence-corrected chi connectivity index (χ1v) is 13.9. The van der Waals surface area contributed by atoms with Crippen molar-refractivity contribution >= 4 is 49.9 Å². The van der Waals surface area contributed by atoms with E-state index in [4.69, 9.17) is 0 Å². The highest BCUT2D eigenvalue weighted by atomic mass is 32.2. The van der Waals surface area contributed by atoms with Crippen molar-refractivity contribution < 1.29 is 18.0 Å². The molecule has 0 aliphatic carbocycles. The topological polar surface area (TPSA) is 105 Å². The number of carbonyl (C=O) groups excluding carboxylic acids is 2. The van der Waals surface area contributed by atoms with Crippen molar-refractivity contribution in [1.82, 2.24) is 10.3 Å². The second-order valence-corrected chi connectivity index (χ2v) is 10.9. The van der Waals surface area contributed by atoms with Crippen molar-refractivity contribution in [2.75, 3.05) is 23.6 Å². The van der Waals surface area contributed by atoms with Crippen molar-refractivity contribution in [3.8, 4) is 11.3 Å². The van der Waals surface area contributed by atoms with Gasteiger partial charge in [0.2, 0.25) is 5.91 Å². The maximum absolute atomic E-state index is 12.9. The number of anilines is 1. The SMILES string of the molecule is CSCC[C@H](NC(=O)c1cccc(S(C)(=O)=O)c1)C(=O)Nc1nc(-c2ccccc2)cs1. The molecular formula is C22H23N3O4S3. The molecule has 0 aliphatic heterocycles. The van der Waals surface area contributed by atoms with Gasteiger partial charge in [-0.3, -0.25) is 9.59 Å². The summed E-state index contributed by atoms with van der Waals surface area (Å²) >= 11 is 2.87. The van der Waals surface area contributed by atoms with Crippen LogP contribution in [0, 0.1) is 0 Å².